The van der Waals surface area contributed by atoms with Gasteiger partial charge in [0.25, 0.3) is 0 Å². The molecule has 1 aliphatic heterocycles. The maximum Gasteiger partial charge on any atom is 0.0853 e. The van der Waals surface area contributed by atoms with Crippen molar-refractivity contribution in [3.05, 3.63) is 35.4 Å². The highest BCUT2D eigenvalue weighted by atomic mass is 16.5. The van der Waals surface area contributed by atoms with E-state index in [1.165, 1.54) is 30.4 Å². The first kappa shape index (κ1) is 14.5. The zero-order valence-electron chi connectivity index (χ0n) is 12.1. The van der Waals surface area contributed by atoms with Crippen LogP contribution in [0.5, 0.6) is 0 Å². The van der Waals surface area contributed by atoms with Crippen LogP contribution in [0, 0.1) is 6.92 Å². The molecule has 1 saturated heterocycles. The normalized spacial score (nSPS) is 27.4. The molecule has 1 aromatic carbocycles. The van der Waals surface area contributed by atoms with Gasteiger partial charge in [0.1, 0.15) is 0 Å². The van der Waals surface area contributed by atoms with Crippen molar-refractivity contribution in [2.45, 2.75) is 70.7 Å². The average molecular weight is 262 g/mol. The minimum atomic E-state index is -0.216. The quantitative estimate of drug-likeness (QED) is 0.807. The summed E-state index contributed by atoms with van der Waals surface area (Å²) in [6, 6.07) is 8.49. The van der Waals surface area contributed by atoms with Crippen LogP contribution in [0.4, 0.5) is 0 Å². The van der Waals surface area contributed by atoms with Crippen molar-refractivity contribution in [2.24, 2.45) is 0 Å². The van der Waals surface area contributed by atoms with Gasteiger partial charge in [0.05, 0.1) is 18.3 Å². The summed E-state index contributed by atoms with van der Waals surface area (Å²) in [6.45, 7) is 4.31. The number of aryl methyl sites for hydroxylation is 1. The summed E-state index contributed by atoms with van der Waals surface area (Å²) < 4.78 is 6.17. The highest BCUT2D eigenvalue weighted by Crippen LogP contribution is 2.33. The first-order valence-corrected chi connectivity index (χ1v) is 7.59. The van der Waals surface area contributed by atoms with Crippen molar-refractivity contribution in [2.75, 3.05) is 0 Å². The summed E-state index contributed by atoms with van der Waals surface area (Å²) in [4.78, 5) is 0. The fourth-order valence-corrected chi connectivity index (χ4v) is 2.79. The number of hydrogen-bond acceptors (Lipinski definition) is 2. The number of rotatable bonds is 5. The molecule has 106 valence electrons. The Morgan fingerprint density at radius 1 is 1.16 bits per heavy atom. The Labute approximate surface area is 116 Å². The molecule has 0 radical (unpaired) electrons. The molecular formula is C17H26O2. The Morgan fingerprint density at radius 2 is 1.89 bits per heavy atom. The molecule has 0 unspecified atom stereocenters. The van der Waals surface area contributed by atoms with Crippen molar-refractivity contribution in [1.29, 1.82) is 0 Å². The van der Waals surface area contributed by atoms with Crippen LogP contribution in [-0.4, -0.2) is 17.3 Å². The maximum atomic E-state index is 10.0. The molecule has 0 saturated carbocycles. The summed E-state index contributed by atoms with van der Waals surface area (Å²) in [7, 11) is 0. The van der Waals surface area contributed by atoms with E-state index in [0.717, 1.165) is 19.3 Å². The monoisotopic (exact) mass is 262 g/mol. The van der Waals surface area contributed by atoms with E-state index in [4.69, 9.17) is 4.74 Å². The SMILES string of the molecule is CCCCC[C@H]1C[C@@H](O)C[C@@H](c2ccc(C)cc2)O1. The summed E-state index contributed by atoms with van der Waals surface area (Å²) >= 11 is 0. The van der Waals surface area contributed by atoms with Crippen LogP contribution in [0.1, 0.15) is 62.7 Å². The van der Waals surface area contributed by atoms with E-state index in [1.807, 2.05) is 0 Å². The number of unbranched alkanes of at least 4 members (excludes halogenated alkanes) is 2. The van der Waals surface area contributed by atoms with Crippen LogP contribution in [0.3, 0.4) is 0 Å². The van der Waals surface area contributed by atoms with Gasteiger partial charge in [-0.15, -0.1) is 0 Å². The van der Waals surface area contributed by atoms with Gasteiger partial charge in [-0.3, -0.25) is 0 Å². The van der Waals surface area contributed by atoms with E-state index in [-0.39, 0.29) is 18.3 Å². The summed E-state index contributed by atoms with van der Waals surface area (Å²) in [5, 5.41) is 10.0. The molecule has 3 atom stereocenters. The van der Waals surface area contributed by atoms with Gasteiger partial charge >= 0.3 is 0 Å². The van der Waals surface area contributed by atoms with Crippen molar-refractivity contribution in [3.63, 3.8) is 0 Å². The number of ether oxygens (including phenoxy) is 1. The highest BCUT2D eigenvalue weighted by molar-refractivity contribution is 5.23. The number of benzene rings is 1. The molecule has 1 aliphatic rings. The first-order valence-electron chi connectivity index (χ1n) is 7.59. The van der Waals surface area contributed by atoms with E-state index in [9.17, 15) is 5.11 Å². The van der Waals surface area contributed by atoms with Gasteiger partial charge in [-0.1, -0.05) is 56.0 Å². The van der Waals surface area contributed by atoms with Gasteiger partial charge < -0.3 is 9.84 Å². The Hall–Kier alpha value is -0.860. The molecule has 0 aromatic heterocycles. The van der Waals surface area contributed by atoms with Gasteiger partial charge in [-0.05, 0) is 25.3 Å². The lowest BCUT2D eigenvalue weighted by Gasteiger charge is -2.33. The fraction of sp³-hybridized carbons (Fsp3) is 0.647. The first-order chi connectivity index (χ1) is 9.19. The lowest BCUT2D eigenvalue weighted by molar-refractivity contribution is -0.101. The topological polar surface area (TPSA) is 29.5 Å². The van der Waals surface area contributed by atoms with Crippen molar-refractivity contribution in [3.8, 4) is 0 Å². The lowest BCUT2D eigenvalue weighted by Crippen LogP contribution is -2.31. The number of aliphatic hydroxyl groups excluding tert-OH is 1. The summed E-state index contributed by atoms with van der Waals surface area (Å²) in [5.74, 6) is 0. The van der Waals surface area contributed by atoms with E-state index in [0.29, 0.717) is 0 Å². The zero-order chi connectivity index (χ0) is 13.7. The highest BCUT2D eigenvalue weighted by Gasteiger charge is 2.28. The molecule has 1 aromatic rings. The van der Waals surface area contributed by atoms with E-state index < -0.39 is 0 Å². The van der Waals surface area contributed by atoms with Gasteiger partial charge in [0, 0.05) is 6.42 Å². The van der Waals surface area contributed by atoms with Crippen molar-refractivity contribution < 1.29 is 9.84 Å². The largest absolute Gasteiger partial charge is 0.393 e. The number of hydrogen-bond donors (Lipinski definition) is 1. The molecule has 19 heavy (non-hydrogen) atoms. The summed E-state index contributed by atoms with van der Waals surface area (Å²) in [5.41, 5.74) is 2.46. The molecule has 2 nitrogen and oxygen atoms in total. The van der Waals surface area contributed by atoms with Gasteiger partial charge in [0.2, 0.25) is 0 Å². The average Bonchev–Trinajstić information content (AvgIpc) is 2.39. The van der Waals surface area contributed by atoms with Crippen molar-refractivity contribution in [1.82, 2.24) is 0 Å². The molecule has 0 amide bonds. The van der Waals surface area contributed by atoms with E-state index in [2.05, 4.69) is 38.1 Å². The third kappa shape index (κ3) is 4.32. The molecule has 1 fully saturated rings. The second-order valence-corrected chi connectivity index (χ2v) is 5.78. The summed E-state index contributed by atoms with van der Waals surface area (Å²) in [6.07, 6.45) is 6.37. The van der Waals surface area contributed by atoms with Gasteiger partial charge in [-0.2, -0.15) is 0 Å². The van der Waals surface area contributed by atoms with Gasteiger partial charge in [0.15, 0.2) is 0 Å². The predicted molar refractivity (Wildman–Crippen MR) is 78.2 cm³/mol. The predicted octanol–water partition coefficient (Wildman–Crippen LogP) is 4.16. The molecule has 0 spiro atoms. The number of aliphatic hydroxyl groups is 1. The molecule has 2 heteroatoms. The third-order valence-electron chi connectivity index (χ3n) is 3.96. The standard InChI is InChI=1S/C17H26O2/c1-3-4-5-6-16-11-15(18)12-17(19-16)14-9-7-13(2)8-10-14/h7-10,15-18H,3-6,11-12H2,1-2H3/t15-,16+,17+/m1/s1. The van der Waals surface area contributed by atoms with E-state index >= 15 is 0 Å². The fourth-order valence-electron chi connectivity index (χ4n) is 2.79. The van der Waals surface area contributed by atoms with Crippen LogP contribution in [0.25, 0.3) is 0 Å². The second-order valence-electron chi connectivity index (χ2n) is 5.78. The Morgan fingerprint density at radius 3 is 2.58 bits per heavy atom. The van der Waals surface area contributed by atoms with Gasteiger partial charge in [-0.25, -0.2) is 0 Å². The van der Waals surface area contributed by atoms with Crippen LogP contribution < -0.4 is 0 Å². The van der Waals surface area contributed by atoms with Crippen LogP contribution >= 0.6 is 0 Å². The van der Waals surface area contributed by atoms with E-state index in [1.54, 1.807) is 0 Å². The minimum Gasteiger partial charge on any atom is -0.393 e. The van der Waals surface area contributed by atoms with Crippen LogP contribution in [0.15, 0.2) is 24.3 Å². The molecule has 2 rings (SSSR count). The molecule has 0 aliphatic carbocycles. The van der Waals surface area contributed by atoms with Crippen LogP contribution in [0.2, 0.25) is 0 Å². The smallest absolute Gasteiger partial charge is 0.0853 e. The zero-order valence-corrected chi connectivity index (χ0v) is 12.1. The lowest BCUT2D eigenvalue weighted by atomic mass is 9.93. The molecule has 1 heterocycles. The Balaban J connectivity index is 1.95. The maximum absolute atomic E-state index is 10.0. The minimum absolute atomic E-state index is 0.0657. The third-order valence-corrected chi connectivity index (χ3v) is 3.96. The molecule has 1 N–H and O–H groups in total. The van der Waals surface area contributed by atoms with Crippen LogP contribution in [-0.2, 0) is 4.74 Å². The Bertz CT molecular complexity index is 371. The second kappa shape index (κ2) is 7.06. The Kier molecular flexibility index (Phi) is 5.41. The van der Waals surface area contributed by atoms with Crippen molar-refractivity contribution >= 4 is 0 Å². The molecule has 0 bridgehead atoms. The molecular weight excluding hydrogens is 236 g/mol.